The zero-order valence-electron chi connectivity index (χ0n) is 10.7. The van der Waals surface area contributed by atoms with Gasteiger partial charge in [-0.2, -0.15) is 0 Å². The normalized spacial score (nSPS) is 29.2. The lowest BCUT2D eigenvalue weighted by Crippen LogP contribution is -2.49. The van der Waals surface area contributed by atoms with Gasteiger partial charge in [-0.15, -0.1) is 0 Å². The Labute approximate surface area is 123 Å². The average molecular weight is 301 g/mol. The molecule has 19 heavy (non-hydrogen) atoms. The molecule has 0 bridgehead atoms. The molecule has 3 nitrogen and oxygen atoms in total. The number of nitrogens with two attached hydrogens (primary N) is 1. The van der Waals surface area contributed by atoms with Crippen LogP contribution in [0.25, 0.3) is 0 Å². The highest BCUT2D eigenvalue weighted by molar-refractivity contribution is 6.33. The minimum absolute atomic E-state index is 0.00897. The third-order valence-electron chi connectivity index (χ3n) is 4.13. The average Bonchev–Trinajstić information content (AvgIpc) is 2.88. The molecule has 0 aromatic heterocycles. The standard InChI is InChI=1S/C14H18Cl2N2O/c15-9-3-4-12(16)11(6-9)14(17)13-7-18-5-1-2-10(18)8-19-13/h3-4,6,10,13-14H,1-2,5,7-8,17H2. The molecule has 0 saturated carbocycles. The number of nitrogens with zero attached hydrogens (tertiary/aromatic N) is 1. The van der Waals surface area contributed by atoms with E-state index in [0.717, 1.165) is 25.3 Å². The third-order valence-corrected chi connectivity index (χ3v) is 4.71. The molecule has 1 aromatic rings. The van der Waals surface area contributed by atoms with Crippen molar-refractivity contribution >= 4 is 23.2 Å². The Hall–Kier alpha value is -0.320. The van der Waals surface area contributed by atoms with Crippen molar-refractivity contribution in [2.24, 2.45) is 5.73 Å². The number of rotatable bonds is 2. The Bertz CT molecular complexity index is 469. The molecule has 1 aromatic carbocycles. The van der Waals surface area contributed by atoms with Crippen molar-refractivity contribution in [1.29, 1.82) is 0 Å². The molecule has 5 heteroatoms. The molecule has 0 radical (unpaired) electrons. The summed E-state index contributed by atoms with van der Waals surface area (Å²) in [4.78, 5) is 2.48. The van der Waals surface area contributed by atoms with Crippen LogP contribution in [0.4, 0.5) is 0 Å². The number of hydrogen-bond donors (Lipinski definition) is 1. The first-order valence-electron chi connectivity index (χ1n) is 6.71. The Morgan fingerprint density at radius 1 is 1.37 bits per heavy atom. The van der Waals surface area contributed by atoms with Gasteiger partial charge in [0, 0.05) is 22.6 Å². The summed E-state index contributed by atoms with van der Waals surface area (Å²) in [5.74, 6) is 0. The summed E-state index contributed by atoms with van der Waals surface area (Å²) in [6.45, 7) is 2.81. The van der Waals surface area contributed by atoms with E-state index in [9.17, 15) is 0 Å². The van der Waals surface area contributed by atoms with Gasteiger partial charge in [-0.3, -0.25) is 4.90 Å². The van der Waals surface area contributed by atoms with Gasteiger partial charge >= 0.3 is 0 Å². The SMILES string of the molecule is NC(c1cc(Cl)ccc1Cl)C1CN2CCCC2CO1. The predicted molar refractivity (Wildman–Crippen MR) is 77.7 cm³/mol. The summed E-state index contributed by atoms with van der Waals surface area (Å²) >= 11 is 12.2. The van der Waals surface area contributed by atoms with Crippen LogP contribution in [-0.4, -0.2) is 36.7 Å². The van der Waals surface area contributed by atoms with Gasteiger partial charge in [0.05, 0.1) is 18.8 Å². The van der Waals surface area contributed by atoms with Crippen LogP contribution in [0.5, 0.6) is 0 Å². The molecule has 2 aliphatic rings. The van der Waals surface area contributed by atoms with E-state index < -0.39 is 0 Å². The van der Waals surface area contributed by atoms with Gasteiger partial charge < -0.3 is 10.5 Å². The minimum Gasteiger partial charge on any atom is -0.373 e. The number of benzene rings is 1. The van der Waals surface area contributed by atoms with E-state index >= 15 is 0 Å². The van der Waals surface area contributed by atoms with Gasteiger partial charge in [0.1, 0.15) is 0 Å². The fourth-order valence-electron chi connectivity index (χ4n) is 3.03. The minimum atomic E-state index is -0.229. The fourth-order valence-corrected chi connectivity index (χ4v) is 3.45. The molecular formula is C14H18Cl2N2O. The lowest BCUT2D eigenvalue weighted by Gasteiger charge is -2.38. The van der Waals surface area contributed by atoms with E-state index in [0.29, 0.717) is 16.1 Å². The summed E-state index contributed by atoms with van der Waals surface area (Å²) in [5, 5.41) is 1.31. The molecular weight excluding hydrogens is 283 g/mol. The first-order chi connectivity index (χ1) is 9.15. The second kappa shape index (κ2) is 5.58. The monoisotopic (exact) mass is 300 g/mol. The summed E-state index contributed by atoms with van der Waals surface area (Å²) in [5.41, 5.74) is 7.20. The summed E-state index contributed by atoms with van der Waals surface area (Å²) in [6, 6.07) is 5.76. The molecule has 2 fully saturated rings. The lowest BCUT2D eigenvalue weighted by atomic mass is 10.00. The highest BCUT2D eigenvalue weighted by Gasteiger charge is 2.35. The van der Waals surface area contributed by atoms with Crippen LogP contribution in [0.2, 0.25) is 10.0 Å². The van der Waals surface area contributed by atoms with Gasteiger partial charge in [0.2, 0.25) is 0 Å². The largest absolute Gasteiger partial charge is 0.373 e. The molecule has 2 aliphatic heterocycles. The molecule has 0 spiro atoms. The zero-order valence-corrected chi connectivity index (χ0v) is 12.2. The highest BCUT2D eigenvalue weighted by Crippen LogP contribution is 2.31. The van der Waals surface area contributed by atoms with Crippen molar-refractivity contribution in [2.45, 2.75) is 31.0 Å². The zero-order chi connectivity index (χ0) is 13.4. The maximum Gasteiger partial charge on any atom is 0.0895 e. The molecule has 104 valence electrons. The maximum absolute atomic E-state index is 6.33. The van der Waals surface area contributed by atoms with Crippen LogP contribution in [0, 0.1) is 0 Å². The summed E-state index contributed by atoms with van der Waals surface area (Å²) < 4.78 is 5.93. The summed E-state index contributed by atoms with van der Waals surface area (Å²) in [7, 11) is 0. The maximum atomic E-state index is 6.33. The van der Waals surface area contributed by atoms with Crippen LogP contribution in [0.1, 0.15) is 24.4 Å². The lowest BCUT2D eigenvalue weighted by molar-refractivity contribution is -0.0596. The van der Waals surface area contributed by atoms with Crippen molar-refractivity contribution in [3.05, 3.63) is 33.8 Å². The Balaban J connectivity index is 1.76. The smallest absolute Gasteiger partial charge is 0.0895 e. The van der Waals surface area contributed by atoms with Crippen LogP contribution >= 0.6 is 23.2 Å². The Kier molecular flexibility index (Phi) is 4.01. The van der Waals surface area contributed by atoms with Gasteiger partial charge in [0.25, 0.3) is 0 Å². The highest BCUT2D eigenvalue weighted by atomic mass is 35.5. The first kappa shape index (κ1) is 13.7. The van der Waals surface area contributed by atoms with Crippen molar-refractivity contribution in [1.82, 2.24) is 4.90 Å². The molecule has 2 saturated heterocycles. The van der Waals surface area contributed by atoms with Crippen molar-refractivity contribution in [3.63, 3.8) is 0 Å². The second-order valence-electron chi connectivity index (χ2n) is 5.35. The van der Waals surface area contributed by atoms with Gasteiger partial charge in [-0.1, -0.05) is 23.2 Å². The van der Waals surface area contributed by atoms with E-state index in [1.165, 1.54) is 12.8 Å². The fraction of sp³-hybridized carbons (Fsp3) is 0.571. The molecule has 3 rings (SSSR count). The number of hydrogen-bond acceptors (Lipinski definition) is 3. The molecule has 0 amide bonds. The number of morpholine rings is 1. The molecule has 3 atom stereocenters. The Morgan fingerprint density at radius 2 is 2.21 bits per heavy atom. The van der Waals surface area contributed by atoms with Crippen LogP contribution in [-0.2, 0) is 4.74 Å². The number of ether oxygens (including phenoxy) is 1. The molecule has 2 heterocycles. The molecule has 0 aliphatic carbocycles. The summed E-state index contributed by atoms with van der Waals surface area (Å²) in [6.07, 6.45) is 2.48. The van der Waals surface area contributed by atoms with Crippen molar-refractivity contribution < 1.29 is 4.74 Å². The molecule has 3 unspecified atom stereocenters. The van der Waals surface area contributed by atoms with Crippen LogP contribution in [0.3, 0.4) is 0 Å². The van der Waals surface area contributed by atoms with E-state index in [2.05, 4.69) is 4.90 Å². The van der Waals surface area contributed by atoms with Gasteiger partial charge in [-0.25, -0.2) is 0 Å². The van der Waals surface area contributed by atoms with E-state index in [-0.39, 0.29) is 12.1 Å². The van der Waals surface area contributed by atoms with E-state index in [1.807, 2.05) is 6.07 Å². The third kappa shape index (κ3) is 2.76. The van der Waals surface area contributed by atoms with Gasteiger partial charge in [-0.05, 0) is 43.1 Å². The van der Waals surface area contributed by atoms with Crippen LogP contribution in [0.15, 0.2) is 18.2 Å². The van der Waals surface area contributed by atoms with Crippen molar-refractivity contribution in [2.75, 3.05) is 19.7 Å². The second-order valence-corrected chi connectivity index (χ2v) is 6.20. The number of fused-ring (bicyclic) bond motifs is 1. The van der Waals surface area contributed by atoms with E-state index in [1.54, 1.807) is 12.1 Å². The first-order valence-corrected chi connectivity index (χ1v) is 7.47. The molecule has 2 N–H and O–H groups in total. The van der Waals surface area contributed by atoms with Gasteiger partial charge in [0.15, 0.2) is 0 Å². The predicted octanol–water partition coefficient (Wildman–Crippen LogP) is 2.86. The Morgan fingerprint density at radius 3 is 3.05 bits per heavy atom. The quantitative estimate of drug-likeness (QED) is 0.913. The number of halogens is 2. The topological polar surface area (TPSA) is 38.5 Å². The van der Waals surface area contributed by atoms with E-state index in [4.69, 9.17) is 33.7 Å². The van der Waals surface area contributed by atoms with Crippen LogP contribution < -0.4 is 5.73 Å². The van der Waals surface area contributed by atoms with Crippen molar-refractivity contribution in [3.8, 4) is 0 Å².